The highest BCUT2D eigenvalue weighted by Gasteiger charge is 2.26. The lowest BCUT2D eigenvalue weighted by molar-refractivity contribution is 0.530. The van der Waals surface area contributed by atoms with E-state index in [0.717, 1.165) is 6.54 Å². The molecule has 0 fully saturated rings. The second kappa shape index (κ2) is 6.00. The van der Waals surface area contributed by atoms with Crippen molar-refractivity contribution in [1.29, 1.82) is 0 Å². The number of nitrogens with one attached hydrogen (secondary N) is 1. The average molecular weight is 208 g/mol. The average Bonchev–Trinajstić information content (AvgIpc) is 2.01. The molecular weight excluding hydrogens is 186 g/mol. The second-order valence-corrected chi connectivity index (χ2v) is 7.48. The van der Waals surface area contributed by atoms with Crippen LogP contribution in [-0.2, 0) is 0 Å². The Hall–Kier alpha value is 0.467. The third kappa shape index (κ3) is 4.48. The molecule has 0 aliphatic heterocycles. The Bertz CT molecular complexity index is 117. The lowest BCUT2D eigenvalue weighted by Gasteiger charge is -2.30. The van der Waals surface area contributed by atoms with Crippen LogP contribution in [0.5, 0.6) is 0 Å². The van der Waals surface area contributed by atoms with Gasteiger partial charge in [0.2, 0.25) is 0 Å². The van der Waals surface area contributed by atoms with E-state index in [9.17, 15) is 0 Å². The van der Waals surface area contributed by atoms with Crippen molar-refractivity contribution in [2.45, 2.75) is 50.7 Å². The van der Waals surface area contributed by atoms with E-state index in [0.29, 0.717) is 5.04 Å². The Balaban J connectivity index is 3.81. The minimum absolute atomic E-state index is 0.0230. The number of rotatable bonds is 6. The molecule has 0 aromatic carbocycles. The van der Waals surface area contributed by atoms with Gasteiger partial charge in [0.15, 0.2) is 0 Å². The van der Waals surface area contributed by atoms with Crippen molar-refractivity contribution in [1.82, 2.24) is 5.32 Å². The highest BCUT2D eigenvalue weighted by atomic mass is 35.5. The molecule has 1 N–H and O–H groups in total. The summed E-state index contributed by atoms with van der Waals surface area (Å²) in [4.78, 5) is 0. The van der Waals surface area contributed by atoms with Crippen LogP contribution in [0.4, 0.5) is 0 Å². The Morgan fingerprint density at radius 2 is 2.00 bits per heavy atom. The van der Waals surface area contributed by atoms with E-state index in [4.69, 9.17) is 11.6 Å². The van der Waals surface area contributed by atoms with Gasteiger partial charge in [-0.15, -0.1) is 11.6 Å². The molecule has 74 valence electrons. The predicted octanol–water partition coefficient (Wildman–Crippen LogP) is 2.36. The fourth-order valence-corrected chi connectivity index (χ4v) is 3.36. The first-order chi connectivity index (χ1) is 5.54. The molecule has 0 aromatic heterocycles. The van der Waals surface area contributed by atoms with Gasteiger partial charge in [0, 0.05) is 9.52 Å². The number of halogens is 1. The van der Waals surface area contributed by atoms with Gasteiger partial charge >= 0.3 is 0 Å². The van der Waals surface area contributed by atoms with Crippen LogP contribution >= 0.6 is 11.6 Å². The third-order valence-electron chi connectivity index (χ3n) is 2.24. The topological polar surface area (TPSA) is 12.0 Å². The molecule has 0 saturated heterocycles. The fraction of sp³-hybridized carbons (Fsp3) is 1.00. The van der Waals surface area contributed by atoms with Gasteiger partial charge in [-0.3, -0.25) is 0 Å². The highest BCUT2D eigenvalue weighted by molar-refractivity contribution is 6.43. The van der Waals surface area contributed by atoms with Gasteiger partial charge in [-0.1, -0.05) is 40.2 Å². The number of hydrogen-bond acceptors (Lipinski definition) is 1. The van der Waals surface area contributed by atoms with Crippen LogP contribution in [0.25, 0.3) is 0 Å². The van der Waals surface area contributed by atoms with Crippen LogP contribution in [0.3, 0.4) is 0 Å². The molecular formula is C9H22ClNSi. The molecule has 0 aliphatic carbocycles. The maximum absolute atomic E-state index is 6.23. The lowest BCUT2D eigenvalue weighted by Crippen LogP contribution is -2.36. The maximum Gasteiger partial charge on any atom is 0.0847 e. The van der Waals surface area contributed by atoms with Crippen LogP contribution in [-0.4, -0.2) is 21.6 Å². The normalized spacial score (nSPS) is 15.8. The van der Waals surface area contributed by atoms with Gasteiger partial charge in [0.05, 0.1) is 5.50 Å². The third-order valence-corrected chi connectivity index (χ3v) is 6.01. The van der Waals surface area contributed by atoms with Crippen LogP contribution in [0.2, 0.25) is 11.1 Å². The molecule has 1 nitrogen and oxygen atoms in total. The number of hydrogen-bond donors (Lipinski definition) is 1. The zero-order chi connectivity index (χ0) is 9.61. The second-order valence-electron chi connectivity index (χ2n) is 4.01. The molecule has 3 heteroatoms. The van der Waals surface area contributed by atoms with Crippen molar-refractivity contribution in [2.24, 2.45) is 0 Å². The van der Waals surface area contributed by atoms with E-state index >= 15 is 0 Å². The zero-order valence-electron chi connectivity index (χ0n) is 8.78. The van der Waals surface area contributed by atoms with Gasteiger partial charge in [-0.2, -0.15) is 0 Å². The van der Waals surface area contributed by atoms with Crippen molar-refractivity contribution in [3.05, 3.63) is 0 Å². The molecule has 12 heavy (non-hydrogen) atoms. The lowest BCUT2D eigenvalue weighted by atomic mass is 10.2. The largest absolute Gasteiger partial charge is 0.301 e. The summed E-state index contributed by atoms with van der Waals surface area (Å²) in [6, 6.07) is 1.40. The van der Waals surface area contributed by atoms with Gasteiger partial charge in [-0.25, -0.2) is 0 Å². The molecule has 1 atom stereocenters. The van der Waals surface area contributed by atoms with E-state index in [1.54, 1.807) is 0 Å². The summed E-state index contributed by atoms with van der Waals surface area (Å²) in [6.07, 6.45) is 1.31. The Morgan fingerprint density at radius 3 is 2.42 bits per heavy atom. The summed E-state index contributed by atoms with van der Waals surface area (Å²) in [7, 11) is -0.0230. The number of alkyl halides is 1. The van der Waals surface area contributed by atoms with Crippen LogP contribution in [0.1, 0.15) is 34.1 Å². The monoisotopic (exact) mass is 207 g/mol. The molecule has 1 unspecified atom stereocenters. The summed E-state index contributed by atoms with van der Waals surface area (Å²) < 4.78 is 0. The maximum atomic E-state index is 6.23. The Kier molecular flexibility index (Phi) is 6.24. The van der Waals surface area contributed by atoms with E-state index in [1.165, 1.54) is 12.5 Å². The first kappa shape index (κ1) is 12.5. The first-order valence-corrected chi connectivity index (χ1v) is 7.06. The SMILES string of the molecule is CCC[SiH2]C(C)(C)C(Cl)NCC. The van der Waals surface area contributed by atoms with Crippen LogP contribution in [0, 0.1) is 0 Å². The van der Waals surface area contributed by atoms with Crippen molar-refractivity contribution in [2.75, 3.05) is 6.54 Å². The molecule has 0 rings (SSSR count). The van der Waals surface area contributed by atoms with Crippen molar-refractivity contribution in [3.8, 4) is 0 Å². The zero-order valence-corrected chi connectivity index (χ0v) is 11.0. The van der Waals surface area contributed by atoms with E-state index in [1.807, 2.05) is 0 Å². The molecule has 0 spiro atoms. The Morgan fingerprint density at radius 1 is 1.42 bits per heavy atom. The van der Waals surface area contributed by atoms with Gasteiger partial charge in [0.25, 0.3) is 0 Å². The van der Waals surface area contributed by atoms with Crippen LogP contribution < -0.4 is 5.32 Å². The molecule has 0 radical (unpaired) electrons. The minimum atomic E-state index is -0.0230. The van der Waals surface area contributed by atoms with Crippen molar-refractivity contribution < 1.29 is 0 Å². The van der Waals surface area contributed by atoms with E-state index in [-0.39, 0.29) is 15.0 Å². The van der Waals surface area contributed by atoms with Crippen LogP contribution in [0.15, 0.2) is 0 Å². The summed E-state index contributed by atoms with van der Waals surface area (Å²) in [5.41, 5.74) is 0.167. The minimum Gasteiger partial charge on any atom is -0.301 e. The summed E-state index contributed by atoms with van der Waals surface area (Å²) in [5, 5.41) is 3.65. The summed E-state index contributed by atoms with van der Waals surface area (Å²) in [5.74, 6) is 0. The molecule has 0 amide bonds. The van der Waals surface area contributed by atoms with Gasteiger partial charge in [-0.05, 0) is 11.6 Å². The van der Waals surface area contributed by atoms with E-state index < -0.39 is 0 Å². The van der Waals surface area contributed by atoms with Crippen molar-refractivity contribution >= 4 is 21.1 Å². The first-order valence-electron chi connectivity index (χ1n) is 4.92. The van der Waals surface area contributed by atoms with E-state index in [2.05, 4.69) is 33.0 Å². The quantitative estimate of drug-likeness (QED) is 0.401. The standard InChI is InChI=1S/C9H22ClNSi/c1-5-7-12-9(3,4)8(10)11-6-2/h8,11H,5-7,12H2,1-4H3. The Labute approximate surface area is 84.1 Å². The molecule has 0 aliphatic rings. The molecule has 0 aromatic rings. The summed E-state index contributed by atoms with van der Waals surface area (Å²) in [6.45, 7) is 9.90. The molecule has 0 bridgehead atoms. The molecule has 0 saturated carbocycles. The predicted molar refractivity (Wildman–Crippen MR) is 61.0 cm³/mol. The summed E-state index contributed by atoms with van der Waals surface area (Å²) >= 11 is 6.23. The molecule has 0 heterocycles. The highest BCUT2D eigenvalue weighted by Crippen LogP contribution is 2.31. The fourth-order valence-electron chi connectivity index (χ4n) is 1.21. The van der Waals surface area contributed by atoms with Gasteiger partial charge < -0.3 is 5.32 Å². The van der Waals surface area contributed by atoms with Crippen molar-refractivity contribution in [3.63, 3.8) is 0 Å². The smallest absolute Gasteiger partial charge is 0.0847 e. The van der Waals surface area contributed by atoms with Gasteiger partial charge in [0.1, 0.15) is 0 Å².